The van der Waals surface area contributed by atoms with E-state index in [1.54, 1.807) is 6.20 Å². The summed E-state index contributed by atoms with van der Waals surface area (Å²) in [4.78, 5) is 4.29. The van der Waals surface area contributed by atoms with Gasteiger partial charge in [0.05, 0.1) is 5.69 Å². The molecule has 1 aromatic rings. The average Bonchev–Trinajstić information content (AvgIpc) is 2.16. The van der Waals surface area contributed by atoms with E-state index in [1.807, 2.05) is 25.3 Å². The van der Waals surface area contributed by atoms with E-state index in [9.17, 15) is 0 Å². The molecule has 1 atom stereocenters. The van der Waals surface area contributed by atoms with Gasteiger partial charge in [-0.3, -0.25) is 4.98 Å². The van der Waals surface area contributed by atoms with E-state index in [1.165, 1.54) is 0 Å². The van der Waals surface area contributed by atoms with E-state index in [4.69, 9.17) is 0 Å². The maximum Gasteiger partial charge on any atom is 0.0642 e. The zero-order valence-corrected chi connectivity index (χ0v) is 7.54. The molecule has 0 spiro atoms. The van der Waals surface area contributed by atoms with Crippen molar-refractivity contribution >= 4 is 6.08 Å². The molecule has 0 radical (unpaired) electrons. The number of hydrogen-bond donors (Lipinski definition) is 1. The molecule has 12 heavy (non-hydrogen) atoms. The monoisotopic (exact) mass is 162 g/mol. The molecule has 0 fully saturated rings. The van der Waals surface area contributed by atoms with Crippen molar-refractivity contribution < 1.29 is 0 Å². The Labute approximate surface area is 73.3 Å². The molecular formula is C10H14N2. The molecule has 0 aliphatic carbocycles. The number of rotatable bonds is 3. The molecule has 1 heterocycles. The molecular weight excluding hydrogens is 148 g/mol. The van der Waals surface area contributed by atoms with Crippen molar-refractivity contribution in [2.75, 3.05) is 7.05 Å². The first-order valence-electron chi connectivity index (χ1n) is 4.04. The van der Waals surface area contributed by atoms with Gasteiger partial charge in [-0.15, -0.1) is 0 Å². The number of hydrogen-bond acceptors (Lipinski definition) is 2. The molecule has 2 heteroatoms. The predicted octanol–water partition coefficient (Wildman–Crippen LogP) is 2.00. The Bertz CT molecular complexity index is 268. The Morgan fingerprint density at radius 1 is 1.67 bits per heavy atom. The van der Waals surface area contributed by atoms with Crippen molar-refractivity contribution in [1.82, 2.24) is 10.3 Å². The summed E-state index contributed by atoms with van der Waals surface area (Å²) < 4.78 is 0. The Morgan fingerprint density at radius 3 is 3.00 bits per heavy atom. The van der Waals surface area contributed by atoms with Gasteiger partial charge in [0.15, 0.2) is 0 Å². The third-order valence-corrected chi connectivity index (χ3v) is 1.93. The summed E-state index contributed by atoms with van der Waals surface area (Å²) in [6.45, 7) is 5.82. The molecule has 2 nitrogen and oxygen atoms in total. The average molecular weight is 162 g/mol. The van der Waals surface area contributed by atoms with Crippen LogP contribution in [0, 0.1) is 0 Å². The molecule has 0 aliphatic heterocycles. The Balaban J connectivity index is 3.04. The minimum Gasteiger partial charge on any atom is -0.312 e. The lowest BCUT2D eigenvalue weighted by atomic mass is 10.1. The minimum absolute atomic E-state index is 0.277. The largest absolute Gasteiger partial charge is 0.312 e. The van der Waals surface area contributed by atoms with Crippen LogP contribution in [0.3, 0.4) is 0 Å². The quantitative estimate of drug-likeness (QED) is 0.735. The van der Waals surface area contributed by atoms with Crippen molar-refractivity contribution in [1.29, 1.82) is 0 Å². The summed E-state index contributed by atoms with van der Waals surface area (Å²) in [5.74, 6) is 0. The normalized spacial score (nSPS) is 12.5. The summed E-state index contributed by atoms with van der Waals surface area (Å²) in [5.41, 5.74) is 2.15. The van der Waals surface area contributed by atoms with E-state index in [0.717, 1.165) is 11.3 Å². The summed E-state index contributed by atoms with van der Waals surface area (Å²) in [6, 6.07) is 4.21. The maximum atomic E-state index is 4.29. The van der Waals surface area contributed by atoms with Crippen LogP contribution < -0.4 is 5.32 Å². The van der Waals surface area contributed by atoms with E-state index in [0.29, 0.717) is 0 Å². The van der Waals surface area contributed by atoms with Gasteiger partial charge in [0.2, 0.25) is 0 Å². The number of aromatic nitrogens is 1. The molecule has 0 bridgehead atoms. The molecule has 64 valence electrons. The molecule has 0 aliphatic rings. The van der Waals surface area contributed by atoms with Gasteiger partial charge < -0.3 is 5.32 Å². The smallest absolute Gasteiger partial charge is 0.0642 e. The van der Waals surface area contributed by atoms with Gasteiger partial charge in [-0.1, -0.05) is 18.7 Å². The molecule has 0 saturated carbocycles. The first kappa shape index (κ1) is 8.94. The maximum absolute atomic E-state index is 4.29. The van der Waals surface area contributed by atoms with Gasteiger partial charge in [0, 0.05) is 12.2 Å². The van der Waals surface area contributed by atoms with Crippen molar-refractivity contribution in [2.24, 2.45) is 0 Å². The third kappa shape index (κ3) is 1.71. The van der Waals surface area contributed by atoms with E-state index in [2.05, 4.69) is 23.8 Å². The van der Waals surface area contributed by atoms with Gasteiger partial charge >= 0.3 is 0 Å². The lowest BCUT2D eigenvalue weighted by Gasteiger charge is -2.11. The fraction of sp³-hybridized carbons (Fsp3) is 0.300. The molecule has 0 saturated heterocycles. The van der Waals surface area contributed by atoms with E-state index in [-0.39, 0.29) is 6.04 Å². The van der Waals surface area contributed by atoms with Crippen molar-refractivity contribution in [3.8, 4) is 0 Å². The van der Waals surface area contributed by atoms with Crippen molar-refractivity contribution in [3.05, 3.63) is 36.2 Å². The highest BCUT2D eigenvalue weighted by Gasteiger charge is 2.06. The first-order valence-corrected chi connectivity index (χ1v) is 4.04. The van der Waals surface area contributed by atoms with Gasteiger partial charge in [-0.05, 0) is 25.6 Å². The van der Waals surface area contributed by atoms with Gasteiger partial charge in [-0.2, -0.15) is 0 Å². The lowest BCUT2D eigenvalue weighted by Crippen LogP contribution is -2.14. The topological polar surface area (TPSA) is 24.9 Å². The van der Waals surface area contributed by atoms with Gasteiger partial charge in [-0.25, -0.2) is 0 Å². The second-order valence-electron chi connectivity index (χ2n) is 2.69. The standard InChI is InChI=1S/C10H14N2/c1-4-9-6-5-7-12-10(9)8(2)11-3/h4-8,11H,1H2,2-3H3/t8-/m1/s1. The van der Waals surface area contributed by atoms with Gasteiger partial charge in [0.25, 0.3) is 0 Å². The Hall–Kier alpha value is -1.15. The first-order chi connectivity index (χ1) is 5.79. The number of pyridine rings is 1. The van der Waals surface area contributed by atoms with Crippen molar-refractivity contribution in [3.63, 3.8) is 0 Å². The lowest BCUT2D eigenvalue weighted by molar-refractivity contribution is 0.631. The van der Waals surface area contributed by atoms with Crippen LogP contribution in [0.5, 0.6) is 0 Å². The number of nitrogens with one attached hydrogen (secondary N) is 1. The van der Waals surface area contributed by atoms with E-state index < -0.39 is 0 Å². The predicted molar refractivity (Wildman–Crippen MR) is 51.8 cm³/mol. The summed E-state index contributed by atoms with van der Waals surface area (Å²) in [7, 11) is 1.92. The summed E-state index contributed by atoms with van der Waals surface area (Å²) >= 11 is 0. The Morgan fingerprint density at radius 2 is 2.42 bits per heavy atom. The van der Waals surface area contributed by atoms with Crippen LogP contribution in [0.2, 0.25) is 0 Å². The minimum atomic E-state index is 0.277. The van der Waals surface area contributed by atoms with Crippen LogP contribution in [0.25, 0.3) is 6.08 Å². The van der Waals surface area contributed by atoms with Crippen LogP contribution in [-0.4, -0.2) is 12.0 Å². The molecule has 1 N–H and O–H groups in total. The van der Waals surface area contributed by atoms with E-state index >= 15 is 0 Å². The Kier molecular flexibility index (Phi) is 3.00. The van der Waals surface area contributed by atoms with Crippen molar-refractivity contribution in [2.45, 2.75) is 13.0 Å². The molecule has 1 aromatic heterocycles. The van der Waals surface area contributed by atoms with Crippen LogP contribution in [0.4, 0.5) is 0 Å². The highest BCUT2D eigenvalue weighted by molar-refractivity contribution is 5.49. The second-order valence-corrected chi connectivity index (χ2v) is 2.69. The molecule has 0 unspecified atom stereocenters. The zero-order valence-electron chi connectivity index (χ0n) is 7.54. The highest BCUT2D eigenvalue weighted by Crippen LogP contribution is 2.14. The van der Waals surface area contributed by atoms with Crippen LogP contribution >= 0.6 is 0 Å². The highest BCUT2D eigenvalue weighted by atomic mass is 14.9. The number of nitrogens with zero attached hydrogens (tertiary/aromatic N) is 1. The molecule has 0 amide bonds. The second kappa shape index (κ2) is 4.02. The fourth-order valence-corrected chi connectivity index (χ4v) is 1.10. The summed E-state index contributed by atoms with van der Waals surface area (Å²) in [5, 5.41) is 3.15. The molecule has 0 aromatic carbocycles. The van der Waals surface area contributed by atoms with Gasteiger partial charge in [0.1, 0.15) is 0 Å². The molecule has 1 rings (SSSR count). The van der Waals surface area contributed by atoms with Crippen LogP contribution in [0.1, 0.15) is 24.2 Å². The third-order valence-electron chi connectivity index (χ3n) is 1.93. The summed E-state index contributed by atoms with van der Waals surface area (Å²) in [6.07, 6.45) is 3.63. The van der Waals surface area contributed by atoms with Crippen LogP contribution in [0.15, 0.2) is 24.9 Å². The SMILES string of the molecule is C=Cc1cccnc1[C@@H](C)NC. The fourth-order valence-electron chi connectivity index (χ4n) is 1.10. The zero-order chi connectivity index (χ0) is 8.97. The van der Waals surface area contributed by atoms with Crippen LogP contribution in [-0.2, 0) is 0 Å².